The fraction of sp³-hybridized carbons (Fsp3) is 0.167. The Morgan fingerprint density at radius 1 is 1.50 bits per heavy atom. The Kier molecular flexibility index (Phi) is 2.02. The summed E-state index contributed by atoms with van der Waals surface area (Å²) < 4.78 is 0. The van der Waals surface area contributed by atoms with Gasteiger partial charge in [0, 0.05) is 5.56 Å². The summed E-state index contributed by atoms with van der Waals surface area (Å²) in [5.74, 6) is 0. The minimum absolute atomic E-state index is 0.192. The van der Waals surface area contributed by atoms with Gasteiger partial charge in [-0.2, -0.15) is 0 Å². The molecular formula is C6H5Cl2NO. The fourth-order valence-corrected chi connectivity index (χ4v) is 0.928. The van der Waals surface area contributed by atoms with Gasteiger partial charge in [0.1, 0.15) is 5.15 Å². The van der Waals surface area contributed by atoms with Crippen molar-refractivity contribution in [2.45, 2.75) is 6.92 Å². The lowest BCUT2D eigenvalue weighted by molar-refractivity contribution is 1.18. The van der Waals surface area contributed by atoms with Crippen LogP contribution < -0.4 is 5.56 Å². The highest BCUT2D eigenvalue weighted by molar-refractivity contribution is 6.41. The smallest absolute Gasteiger partial charge is 0.252 e. The summed E-state index contributed by atoms with van der Waals surface area (Å²) >= 11 is 11.1. The molecule has 0 radical (unpaired) electrons. The van der Waals surface area contributed by atoms with Crippen LogP contribution in [0, 0.1) is 6.92 Å². The average Bonchev–Trinajstić information content (AvgIpc) is 1.84. The van der Waals surface area contributed by atoms with Crippen LogP contribution in [0.3, 0.4) is 0 Å². The molecule has 1 heterocycles. The second kappa shape index (κ2) is 2.64. The monoisotopic (exact) mass is 177 g/mol. The summed E-state index contributed by atoms with van der Waals surface area (Å²) in [5.41, 5.74) is 0.365. The van der Waals surface area contributed by atoms with Crippen LogP contribution in [0.5, 0.6) is 0 Å². The van der Waals surface area contributed by atoms with Crippen LogP contribution in [-0.2, 0) is 0 Å². The highest BCUT2D eigenvalue weighted by Crippen LogP contribution is 2.16. The lowest BCUT2D eigenvalue weighted by atomic mass is 10.3. The van der Waals surface area contributed by atoms with Crippen molar-refractivity contribution < 1.29 is 0 Å². The van der Waals surface area contributed by atoms with Crippen molar-refractivity contribution in [2.75, 3.05) is 0 Å². The van der Waals surface area contributed by atoms with Crippen molar-refractivity contribution in [1.82, 2.24) is 4.98 Å². The van der Waals surface area contributed by atoms with Gasteiger partial charge in [-0.1, -0.05) is 23.2 Å². The van der Waals surface area contributed by atoms with E-state index in [0.717, 1.165) is 0 Å². The summed E-state index contributed by atoms with van der Waals surface area (Å²) in [5, 5.41) is 0.566. The van der Waals surface area contributed by atoms with Crippen LogP contribution in [0.1, 0.15) is 5.56 Å². The Labute approximate surface area is 67.8 Å². The van der Waals surface area contributed by atoms with E-state index in [-0.39, 0.29) is 10.7 Å². The zero-order valence-electron chi connectivity index (χ0n) is 5.24. The molecule has 4 heteroatoms. The van der Waals surface area contributed by atoms with Crippen molar-refractivity contribution in [3.8, 4) is 0 Å². The van der Waals surface area contributed by atoms with Gasteiger partial charge in [-0.15, -0.1) is 0 Å². The van der Waals surface area contributed by atoms with Gasteiger partial charge in [0.25, 0.3) is 5.56 Å². The molecule has 0 bridgehead atoms. The van der Waals surface area contributed by atoms with Crippen LogP contribution in [0.25, 0.3) is 0 Å². The molecule has 0 saturated carbocycles. The van der Waals surface area contributed by atoms with Gasteiger partial charge in [0.2, 0.25) is 0 Å². The Balaban J connectivity index is 3.43. The van der Waals surface area contributed by atoms with E-state index in [1.54, 1.807) is 6.92 Å². The summed E-state index contributed by atoms with van der Waals surface area (Å²) in [6.07, 6.45) is 0. The van der Waals surface area contributed by atoms with Gasteiger partial charge in [-0.05, 0) is 13.0 Å². The Bertz CT molecular complexity index is 305. The number of hydrogen-bond acceptors (Lipinski definition) is 1. The average molecular weight is 178 g/mol. The van der Waals surface area contributed by atoms with Crippen LogP contribution in [0.4, 0.5) is 0 Å². The maximum Gasteiger partial charge on any atom is 0.252 e. The topological polar surface area (TPSA) is 32.9 Å². The molecule has 0 atom stereocenters. The van der Waals surface area contributed by atoms with Gasteiger partial charge in [-0.3, -0.25) is 4.79 Å². The summed E-state index contributed by atoms with van der Waals surface area (Å²) in [6, 6.07) is 1.53. The zero-order chi connectivity index (χ0) is 7.72. The molecular weight excluding hydrogens is 173 g/mol. The van der Waals surface area contributed by atoms with Gasteiger partial charge in [0.05, 0.1) is 5.02 Å². The molecule has 1 aromatic heterocycles. The summed E-state index contributed by atoms with van der Waals surface area (Å²) in [4.78, 5) is 13.2. The SMILES string of the molecule is Cc1cc(Cl)c(Cl)[nH]c1=O. The molecule has 0 spiro atoms. The number of rotatable bonds is 0. The molecule has 0 fully saturated rings. The first-order valence-electron chi connectivity index (χ1n) is 2.66. The molecule has 0 aliphatic heterocycles. The van der Waals surface area contributed by atoms with Crippen LogP contribution >= 0.6 is 23.2 Å². The quantitative estimate of drug-likeness (QED) is 0.605. The zero-order valence-corrected chi connectivity index (χ0v) is 6.75. The molecule has 0 saturated heterocycles. The maximum absolute atomic E-state index is 10.8. The molecule has 54 valence electrons. The third kappa shape index (κ3) is 1.33. The van der Waals surface area contributed by atoms with Crippen molar-refractivity contribution in [1.29, 1.82) is 0 Å². The number of pyridine rings is 1. The van der Waals surface area contributed by atoms with Gasteiger partial charge in [-0.25, -0.2) is 0 Å². The molecule has 1 rings (SSSR count). The van der Waals surface area contributed by atoms with E-state index < -0.39 is 0 Å². The predicted octanol–water partition coefficient (Wildman–Crippen LogP) is 1.99. The molecule has 0 aromatic carbocycles. The lowest BCUT2D eigenvalue weighted by Gasteiger charge is -1.94. The molecule has 1 N–H and O–H groups in total. The van der Waals surface area contributed by atoms with E-state index in [1.165, 1.54) is 6.07 Å². The maximum atomic E-state index is 10.8. The Hall–Kier alpha value is -0.470. The van der Waals surface area contributed by atoms with Crippen LogP contribution in [0.15, 0.2) is 10.9 Å². The number of H-pyrrole nitrogens is 1. The van der Waals surface area contributed by atoms with E-state index in [1.807, 2.05) is 0 Å². The second-order valence-corrected chi connectivity index (χ2v) is 2.73. The number of halogens is 2. The van der Waals surface area contributed by atoms with E-state index in [9.17, 15) is 4.79 Å². The summed E-state index contributed by atoms with van der Waals surface area (Å²) in [6.45, 7) is 1.67. The van der Waals surface area contributed by atoms with Gasteiger partial charge >= 0.3 is 0 Å². The van der Waals surface area contributed by atoms with E-state index >= 15 is 0 Å². The number of aryl methyl sites for hydroxylation is 1. The number of aromatic nitrogens is 1. The van der Waals surface area contributed by atoms with Gasteiger partial charge < -0.3 is 4.98 Å². The minimum atomic E-state index is -0.200. The molecule has 0 aliphatic rings. The van der Waals surface area contributed by atoms with Crippen molar-refractivity contribution in [3.05, 3.63) is 32.2 Å². The highest BCUT2D eigenvalue weighted by Gasteiger charge is 1.99. The molecule has 0 aliphatic carbocycles. The first-order valence-corrected chi connectivity index (χ1v) is 3.42. The molecule has 2 nitrogen and oxygen atoms in total. The summed E-state index contributed by atoms with van der Waals surface area (Å²) in [7, 11) is 0. The largest absolute Gasteiger partial charge is 0.311 e. The van der Waals surface area contributed by atoms with Crippen LogP contribution in [-0.4, -0.2) is 4.98 Å². The van der Waals surface area contributed by atoms with Crippen molar-refractivity contribution in [3.63, 3.8) is 0 Å². The lowest BCUT2D eigenvalue weighted by Crippen LogP contribution is -2.08. The van der Waals surface area contributed by atoms with E-state index in [4.69, 9.17) is 23.2 Å². The van der Waals surface area contributed by atoms with Crippen molar-refractivity contribution in [2.24, 2.45) is 0 Å². The standard InChI is InChI=1S/C6H5Cl2NO/c1-3-2-4(7)5(8)9-6(3)10/h2H,1H3,(H,9,10). The third-order valence-electron chi connectivity index (χ3n) is 1.13. The van der Waals surface area contributed by atoms with Gasteiger partial charge in [0.15, 0.2) is 0 Å². The Morgan fingerprint density at radius 2 is 2.10 bits per heavy atom. The van der Waals surface area contributed by atoms with E-state index in [2.05, 4.69) is 4.98 Å². The normalized spacial score (nSPS) is 9.90. The number of nitrogens with one attached hydrogen (secondary N) is 1. The molecule has 0 amide bonds. The molecule has 10 heavy (non-hydrogen) atoms. The predicted molar refractivity (Wildman–Crippen MR) is 41.8 cm³/mol. The minimum Gasteiger partial charge on any atom is -0.311 e. The first kappa shape index (κ1) is 7.63. The van der Waals surface area contributed by atoms with E-state index in [0.29, 0.717) is 10.6 Å². The fourth-order valence-electron chi connectivity index (χ4n) is 0.577. The number of aromatic amines is 1. The highest BCUT2D eigenvalue weighted by atomic mass is 35.5. The Morgan fingerprint density at radius 3 is 2.60 bits per heavy atom. The number of hydrogen-bond donors (Lipinski definition) is 1. The van der Waals surface area contributed by atoms with Crippen molar-refractivity contribution >= 4 is 23.2 Å². The first-order chi connectivity index (χ1) is 4.61. The third-order valence-corrected chi connectivity index (χ3v) is 1.83. The second-order valence-electron chi connectivity index (χ2n) is 1.94. The van der Waals surface area contributed by atoms with Crippen LogP contribution in [0.2, 0.25) is 10.2 Å². The molecule has 1 aromatic rings. The molecule has 0 unspecified atom stereocenters.